The Labute approximate surface area is 103 Å². The largest absolute Gasteiger partial charge is 0.381 e. The fourth-order valence-electron chi connectivity index (χ4n) is 2.21. The van der Waals surface area contributed by atoms with Crippen LogP contribution in [0.3, 0.4) is 0 Å². The van der Waals surface area contributed by atoms with Gasteiger partial charge >= 0.3 is 0 Å². The highest BCUT2D eigenvalue weighted by atomic mass is 16.3. The molecule has 0 spiro atoms. The molecule has 0 aliphatic heterocycles. The van der Waals surface area contributed by atoms with Gasteiger partial charge in [-0.25, -0.2) is 0 Å². The van der Waals surface area contributed by atoms with E-state index in [0.29, 0.717) is 0 Å². The van der Waals surface area contributed by atoms with Crippen LogP contribution in [0.5, 0.6) is 0 Å². The quantitative estimate of drug-likeness (QED) is 0.854. The van der Waals surface area contributed by atoms with Gasteiger partial charge in [0.25, 0.3) is 5.91 Å². The first-order valence-electron chi connectivity index (χ1n) is 5.73. The predicted molar refractivity (Wildman–Crippen MR) is 70.4 cm³/mol. The number of carbonyl (C=O) groups excluding carboxylic acids is 1. The minimum atomic E-state index is -1.35. The number of aliphatic hydroxyl groups is 1. The highest BCUT2D eigenvalue weighted by Gasteiger charge is 2.29. The molecule has 0 aliphatic carbocycles. The van der Waals surface area contributed by atoms with Crippen molar-refractivity contribution < 1.29 is 9.90 Å². The minimum absolute atomic E-state index is 0.299. The van der Waals surface area contributed by atoms with Gasteiger partial charge in [0.1, 0.15) is 5.60 Å². The molecule has 1 aromatic rings. The van der Waals surface area contributed by atoms with Crippen molar-refractivity contribution >= 4 is 11.6 Å². The Kier molecular flexibility index (Phi) is 3.62. The number of nitrogens with zero attached hydrogens (tertiary/aromatic N) is 1. The van der Waals surface area contributed by atoms with Crippen LogP contribution in [-0.2, 0) is 4.79 Å². The molecule has 0 radical (unpaired) electrons. The molecule has 0 saturated heterocycles. The highest BCUT2D eigenvalue weighted by molar-refractivity contribution is 5.99. The number of anilines is 1. The summed E-state index contributed by atoms with van der Waals surface area (Å²) < 4.78 is 0. The average molecular weight is 235 g/mol. The molecule has 0 saturated carbocycles. The number of likely N-dealkylation sites (N-methyl/N-ethyl adjacent to an activating group) is 1. The topological polar surface area (TPSA) is 40.5 Å². The Morgan fingerprint density at radius 2 is 1.59 bits per heavy atom. The van der Waals surface area contributed by atoms with E-state index in [-0.39, 0.29) is 5.91 Å². The third-order valence-electron chi connectivity index (χ3n) is 2.80. The van der Waals surface area contributed by atoms with Crippen LogP contribution < -0.4 is 4.90 Å². The summed E-state index contributed by atoms with van der Waals surface area (Å²) in [5.41, 5.74) is 2.79. The van der Waals surface area contributed by atoms with E-state index >= 15 is 0 Å². The summed E-state index contributed by atoms with van der Waals surface area (Å²) in [6.45, 7) is 8.99. The Hall–Kier alpha value is -1.35. The molecular formula is C14H21NO2. The maximum Gasteiger partial charge on any atom is 0.258 e. The number of amides is 1. The standard InChI is InChI=1S/C14H21NO2/c1-9-7-10(2)12(11(3)8-9)15(6)13(16)14(4,5)17/h7-8,17H,1-6H3. The summed E-state index contributed by atoms with van der Waals surface area (Å²) in [5.74, 6) is -0.299. The first-order valence-corrected chi connectivity index (χ1v) is 5.73. The van der Waals surface area contributed by atoms with E-state index in [1.165, 1.54) is 24.3 Å². The number of hydrogen-bond acceptors (Lipinski definition) is 2. The summed E-state index contributed by atoms with van der Waals surface area (Å²) in [6, 6.07) is 4.08. The van der Waals surface area contributed by atoms with Crippen molar-refractivity contribution in [2.24, 2.45) is 0 Å². The van der Waals surface area contributed by atoms with Gasteiger partial charge < -0.3 is 10.0 Å². The molecule has 0 fully saturated rings. The van der Waals surface area contributed by atoms with Crippen LogP contribution in [0.2, 0.25) is 0 Å². The second-order valence-electron chi connectivity index (χ2n) is 5.17. The maximum absolute atomic E-state index is 12.0. The Morgan fingerprint density at radius 3 is 1.94 bits per heavy atom. The van der Waals surface area contributed by atoms with Crippen LogP contribution in [-0.4, -0.2) is 23.7 Å². The normalized spacial score (nSPS) is 11.5. The van der Waals surface area contributed by atoms with Gasteiger partial charge in [0.2, 0.25) is 0 Å². The lowest BCUT2D eigenvalue weighted by atomic mass is 10.0. The highest BCUT2D eigenvalue weighted by Crippen LogP contribution is 2.26. The summed E-state index contributed by atoms with van der Waals surface area (Å²) in [6.07, 6.45) is 0. The molecule has 94 valence electrons. The van der Waals surface area contributed by atoms with Crippen LogP contribution in [0.4, 0.5) is 5.69 Å². The van der Waals surface area contributed by atoms with Gasteiger partial charge in [-0.2, -0.15) is 0 Å². The van der Waals surface area contributed by atoms with Crippen molar-refractivity contribution in [3.05, 3.63) is 28.8 Å². The molecule has 0 bridgehead atoms. The number of rotatable bonds is 2. The van der Waals surface area contributed by atoms with Crippen molar-refractivity contribution in [2.45, 2.75) is 40.2 Å². The van der Waals surface area contributed by atoms with Crippen molar-refractivity contribution in [3.63, 3.8) is 0 Å². The molecule has 1 rings (SSSR count). The molecule has 0 aliphatic rings. The van der Waals surface area contributed by atoms with Crippen LogP contribution in [0.25, 0.3) is 0 Å². The molecule has 0 atom stereocenters. The fourth-order valence-corrected chi connectivity index (χ4v) is 2.21. The summed E-state index contributed by atoms with van der Waals surface area (Å²) in [4.78, 5) is 13.6. The number of hydrogen-bond donors (Lipinski definition) is 1. The Bertz CT molecular complexity index is 421. The van der Waals surface area contributed by atoms with E-state index in [9.17, 15) is 9.90 Å². The average Bonchev–Trinajstić information content (AvgIpc) is 2.13. The molecule has 1 amide bonds. The molecule has 3 heteroatoms. The lowest BCUT2D eigenvalue weighted by Crippen LogP contribution is -2.43. The Balaban J connectivity index is 3.22. The third-order valence-corrected chi connectivity index (χ3v) is 2.80. The minimum Gasteiger partial charge on any atom is -0.381 e. The van der Waals surface area contributed by atoms with E-state index in [2.05, 4.69) is 0 Å². The zero-order valence-electron chi connectivity index (χ0n) is 11.5. The third kappa shape index (κ3) is 2.86. The lowest BCUT2D eigenvalue weighted by molar-refractivity contribution is -0.133. The zero-order chi connectivity index (χ0) is 13.4. The second kappa shape index (κ2) is 4.49. The van der Waals surface area contributed by atoms with Gasteiger partial charge in [0.05, 0.1) is 0 Å². The van der Waals surface area contributed by atoms with Crippen LogP contribution in [0.1, 0.15) is 30.5 Å². The molecular weight excluding hydrogens is 214 g/mol. The lowest BCUT2D eigenvalue weighted by Gasteiger charge is -2.27. The molecule has 0 aromatic heterocycles. The van der Waals surface area contributed by atoms with Crippen LogP contribution in [0.15, 0.2) is 12.1 Å². The predicted octanol–water partition coefficient (Wildman–Crippen LogP) is 2.35. The smallest absolute Gasteiger partial charge is 0.258 e. The van der Waals surface area contributed by atoms with Crippen LogP contribution >= 0.6 is 0 Å². The van der Waals surface area contributed by atoms with E-state index < -0.39 is 5.60 Å². The maximum atomic E-state index is 12.0. The zero-order valence-corrected chi connectivity index (χ0v) is 11.5. The number of carbonyl (C=O) groups is 1. The van der Waals surface area contributed by atoms with Gasteiger partial charge in [-0.1, -0.05) is 17.7 Å². The molecule has 0 unspecified atom stereocenters. The first-order chi connectivity index (χ1) is 7.64. The van der Waals surface area contributed by atoms with Crippen molar-refractivity contribution in [1.29, 1.82) is 0 Å². The first kappa shape index (κ1) is 13.7. The van der Waals surface area contributed by atoms with Crippen molar-refractivity contribution in [3.8, 4) is 0 Å². The molecule has 0 heterocycles. The fraction of sp³-hybridized carbons (Fsp3) is 0.500. The van der Waals surface area contributed by atoms with E-state index in [4.69, 9.17) is 0 Å². The van der Waals surface area contributed by atoms with Gasteiger partial charge in [0.15, 0.2) is 0 Å². The summed E-state index contributed by atoms with van der Waals surface area (Å²) >= 11 is 0. The van der Waals surface area contributed by atoms with Gasteiger partial charge in [0, 0.05) is 12.7 Å². The van der Waals surface area contributed by atoms with Crippen molar-refractivity contribution in [2.75, 3.05) is 11.9 Å². The SMILES string of the molecule is Cc1cc(C)c(N(C)C(=O)C(C)(C)O)c(C)c1. The van der Waals surface area contributed by atoms with E-state index in [1.807, 2.05) is 32.9 Å². The number of aryl methyl sites for hydroxylation is 3. The summed E-state index contributed by atoms with van der Waals surface area (Å²) in [5, 5.41) is 9.76. The van der Waals surface area contributed by atoms with Gasteiger partial charge in [-0.15, -0.1) is 0 Å². The number of benzene rings is 1. The van der Waals surface area contributed by atoms with E-state index in [0.717, 1.165) is 16.8 Å². The molecule has 3 nitrogen and oxygen atoms in total. The molecule has 1 aromatic carbocycles. The molecule has 17 heavy (non-hydrogen) atoms. The van der Waals surface area contributed by atoms with Crippen molar-refractivity contribution in [1.82, 2.24) is 0 Å². The van der Waals surface area contributed by atoms with E-state index in [1.54, 1.807) is 7.05 Å². The van der Waals surface area contributed by atoms with Crippen LogP contribution in [0, 0.1) is 20.8 Å². The summed E-state index contributed by atoms with van der Waals surface area (Å²) in [7, 11) is 1.70. The molecule has 1 N–H and O–H groups in total. The monoisotopic (exact) mass is 235 g/mol. The van der Waals surface area contributed by atoms with Gasteiger partial charge in [-0.3, -0.25) is 4.79 Å². The second-order valence-corrected chi connectivity index (χ2v) is 5.17. The van der Waals surface area contributed by atoms with Gasteiger partial charge in [-0.05, 0) is 45.7 Å². The Morgan fingerprint density at radius 1 is 1.18 bits per heavy atom.